The average Bonchev–Trinajstić information content (AvgIpc) is 3.51. The highest BCUT2D eigenvalue weighted by molar-refractivity contribution is 5.78. The number of aromatic nitrogens is 3. The maximum atomic E-state index is 14.6. The molecule has 3 N–H and O–H groups in total. The number of nitrogens with zero attached hydrogens (tertiary/aromatic N) is 4. The Bertz CT molecular complexity index is 1370. The minimum Gasteiger partial charge on any atom is -0.493 e. The first-order chi connectivity index (χ1) is 16.7. The van der Waals surface area contributed by atoms with Gasteiger partial charge >= 0.3 is 0 Å². The molecule has 0 radical (unpaired) electrons. The molecule has 0 amide bonds. The van der Waals surface area contributed by atoms with Gasteiger partial charge in [0.2, 0.25) is 5.95 Å². The van der Waals surface area contributed by atoms with E-state index in [2.05, 4.69) is 33.5 Å². The fraction of sp³-hybridized carbons (Fsp3) is 0.269. The van der Waals surface area contributed by atoms with Gasteiger partial charge in [0, 0.05) is 35.9 Å². The number of anilines is 1. The minimum absolute atomic E-state index is 0.247. The van der Waals surface area contributed by atoms with Gasteiger partial charge in [0.25, 0.3) is 0 Å². The van der Waals surface area contributed by atoms with Crippen LogP contribution in [0, 0.1) is 17.1 Å². The Morgan fingerprint density at radius 3 is 2.82 bits per heavy atom. The smallest absolute Gasteiger partial charge is 0.208 e. The molecule has 0 aliphatic carbocycles. The number of nitrogens with two attached hydrogens (primary N) is 1. The van der Waals surface area contributed by atoms with Gasteiger partial charge in [-0.2, -0.15) is 5.26 Å². The van der Waals surface area contributed by atoms with Gasteiger partial charge in [0.15, 0.2) is 11.3 Å². The molecule has 5 rings (SSSR count). The normalized spacial score (nSPS) is 12.4. The number of hydrogen-bond donors (Lipinski definition) is 2. The van der Waals surface area contributed by atoms with Gasteiger partial charge < -0.3 is 15.8 Å². The standard InChI is InChI=1S/C26H25FN6O/c27-23-8-9-24-20(10-12-34-24)22(23)15-31-26-30-14-21(25-32-19(13-29)16-33(25)26)18-6-4-17(5-7-18)3-1-2-11-28/h4-9,14,16H,1-3,10-12,15,28H2,(H,30,31). The highest BCUT2D eigenvalue weighted by atomic mass is 19.1. The second kappa shape index (κ2) is 9.49. The Labute approximate surface area is 197 Å². The lowest BCUT2D eigenvalue weighted by molar-refractivity contribution is 0.356. The fourth-order valence-corrected chi connectivity index (χ4v) is 4.36. The summed E-state index contributed by atoms with van der Waals surface area (Å²) in [5.74, 6) is 0.939. The quantitative estimate of drug-likeness (QED) is 0.385. The molecule has 0 saturated heterocycles. The summed E-state index contributed by atoms with van der Waals surface area (Å²) in [5, 5.41) is 12.7. The Hall–Kier alpha value is -3.96. The summed E-state index contributed by atoms with van der Waals surface area (Å²) in [7, 11) is 0. The number of hydrogen-bond acceptors (Lipinski definition) is 6. The van der Waals surface area contributed by atoms with Crippen molar-refractivity contribution in [1.82, 2.24) is 14.4 Å². The van der Waals surface area contributed by atoms with E-state index < -0.39 is 0 Å². The number of halogens is 1. The summed E-state index contributed by atoms with van der Waals surface area (Å²) in [6.45, 7) is 1.51. The Morgan fingerprint density at radius 1 is 1.18 bits per heavy atom. The van der Waals surface area contributed by atoms with Crippen LogP contribution >= 0.6 is 0 Å². The monoisotopic (exact) mass is 456 g/mol. The van der Waals surface area contributed by atoms with Crippen LogP contribution in [0.4, 0.5) is 10.3 Å². The number of benzene rings is 2. The summed E-state index contributed by atoms with van der Waals surface area (Å²) >= 11 is 0. The summed E-state index contributed by atoms with van der Waals surface area (Å²) in [4.78, 5) is 9.08. The van der Waals surface area contributed by atoms with Crippen LogP contribution in [0.15, 0.2) is 48.8 Å². The van der Waals surface area contributed by atoms with Gasteiger partial charge in [-0.3, -0.25) is 4.40 Å². The van der Waals surface area contributed by atoms with Gasteiger partial charge in [0.05, 0.1) is 12.8 Å². The molecule has 1 aliphatic heterocycles. The third-order valence-electron chi connectivity index (χ3n) is 6.15. The predicted molar refractivity (Wildman–Crippen MR) is 128 cm³/mol. The van der Waals surface area contributed by atoms with Crippen molar-refractivity contribution in [2.45, 2.75) is 32.2 Å². The molecule has 1 aliphatic rings. The number of fused-ring (bicyclic) bond motifs is 2. The summed E-state index contributed by atoms with van der Waals surface area (Å²) in [6, 6.07) is 13.5. The van der Waals surface area contributed by atoms with E-state index in [0.29, 0.717) is 36.7 Å². The average molecular weight is 457 g/mol. The Morgan fingerprint density at radius 2 is 2.03 bits per heavy atom. The maximum absolute atomic E-state index is 14.6. The third-order valence-corrected chi connectivity index (χ3v) is 6.15. The number of nitrogens with one attached hydrogen (secondary N) is 1. The first kappa shape index (κ1) is 21.9. The molecule has 2 aromatic carbocycles. The van der Waals surface area contributed by atoms with Crippen molar-refractivity contribution < 1.29 is 9.13 Å². The van der Waals surface area contributed by atoms with Crippen LogP contribution in [0.5, 0.6) is 5.75 Å². The van der Waals surface area contributed by atoms with Crippen LogP contribution in [-0.4, -0.2) is 27.5 Å². The van der Waals surface area contributed by atoms with Gasteiger partial charge in [-0.25, -0.2) is 14.4 Å². The first-order valence-corrected chi connectivity index (χ1v) is 11.4. The van der Waals surface area contributed by atoms with Gasteiger partial charge in [-0.15, -0.1) is 0 Å². The molecule has 2 aromatic heterocycles. The first-order valence-electron chi connectivity index (χ1n) is 11.4. The summed E-state index contributed by atoms with van der Waals surface area (Å²) in [6.07, 6.45) is 7.12. The minimum atomic E-state index is -0.278. The molecule has 172 valence electrons. The highest BCUT2D eigenvalue weighted by Crippen LogP contribution is 2.31. The van der Waals surface area contributed by atoms with Crippen LogP contribution in [0.3, 0.4) is 0 Å². The van der Waals surface area contributed by atoms with Crippen molar-refractivity contribution in [3.8, 4) is 22.9 Å². The number of ether oxygens (including phenoxy) is 1. The zero-order valence-corrected chi connectivity index (χ0v) is 18.7. The van der Waals surface area contributed by atoms with Crippen molar-refractivity contribution in [2.75, 3.05) is 18.5 Å². The van der Waals surface area contributed by atoms with Crippen LogP contribution in [0.1, 0.15) is 35.2 Å². The molecule has 0 spiro atoms. The fourth-order valence-electron chi connectivity index (χ4n) is 4.36. The third kappa shape index (κ3) is 4.18. The summed E-state index contributed by atoms with van der Waals surface area (Å²) in [5.41, 5.74) is 11.0. The summed E-state index contributed by atoms with van der Waals surface area (Å²) < 4.78 is 21.9. The van der Waals surface area contributed by atoms with Crippen molar-refractivity contribution in [2.24, 2.45) is 5.73 Å². The van der Waals surface area contributed by atoms with Crippen molar-refractivity contribution in [3.63, 3.8) is 0 Å². The van der Waals surface area contributed by atoms with E-state index >= 15 is 0 Å². The zero-order chi connectivity index (χ0) is 23.5. The molecule has 4 aromatic rings. The highest BCUT2D eigenvalue weighted by Gasteiger charge is 2.20. The molecule has 0 unspecified atom stereocenters. The number of imidazole rings is 1. The molecular formula is C26H25FN6O. The van der Waals surface area contributed by atoms with Crippen LogP contribution < -0.4 is 15.8 Å². The van der Waals surface area contributed by atoms with Gasteiger partial charge in [0.1, 0.15) is 17.6 Å². The van der Waals surface area contributed by atoms with E-state index in [-0.39, 0.29) is 18.1 Å². The lowest BCUT2D eigenvalue weighted by atomic mass is 10.0. The maximum Gasteiger partial charge on any atom is 0.208 e. The van der Waals surface area contributed by atoms with E-state index in [4.69, 9.17) is 10.5 Å². The molecule has 7 nitrogen and oxygen atoms in total. The van der Waals surface area contributed by atoms with Crippen molar-refractivity contribution in [3.05, 3.63) is 77.0 Å². The molecule has 0 fully saturated rings. The Balaban J connectivity index is 1.44. The number of aryl methyl sites for hydroxylation is 1. The second-order valence-corrected chi connectivity index (χ2v) is 8.32. The van der Waals surface area contributed by atoms with E-state index in [1.54, 1.807) is 22.9 Å². The predicted octanol–water partition coefficient (Wildman–Crippen LogP) is 4.24. The van der Waals surface area contributed by atoms with E-state index in [0.717, 1.165) is 41.7 Å². The Kier molecular flexibility index (Phi) is 6.11. The second-order valence-electron chi connectivity index (χ2n) is 8.32. The molecule has 0 bridgehead atoms. The molecule has 8 heteroatoms. The van der Waals surface area contributed by atoms with Crippen LogP contribution in [0.25, 0.3) is 16.8 Å². The van der Waals surface area contributed by atoms with Crippen LogP contribution in [-0.2, 0) is 19.4 Å². The lowest BCUT2D eigenvalue weighted by Crippen LogP contribution is -2.09. The largest absolute Gasteiger partial charge is 0.493 e. The van der Waals surface area contributed by atoms with Gasteiger partial charge in [-0.05, 0) is 49.1 Å². The van der Waals surface area contributed by atoms with Crippen molar-refractivity contribution in [1.29, 1.82) is 5.26 Å². The molecule has 34 heavy (non-hydrogen) atoms. The van der Waals surface area contributed by atoms with Crippen LogP contribution in [0.2, 0.25) is 0 Å². The zero-order valence-electron chi connectivity index (χ0n) is 18.7. The molecule has 0 atom stereocenters. The van der Waals surface area contributed by atoms with E-state index in [1.165, 1.54) is 11.6 Å². The van der Waals surface area contributed by atoms with E-state index in [9.17, 15) is 9.65 Å². The molecule has 0 saturated carbocycles. The van der Waals surface area contributed by atoms with Crippen molar-refractivity contribution >= 4 is 11.6 Å². The SMILES string of the molecule is N#Cc1cn2c(NCc3c(F)ccc4c3CCO4)ncc(-c3ccc(CCCCN)cc3)c2n1. The van der Waals surface area contributed by atoms with E-state index in [1.807, 2.05) is 12.1 Å². The number of unbranched alkanes of at least 4 members (excludes halogenated alkanes) is 1. The molecular weight excluding hydrogens is 431 g/mol. The molecule has 3 heterocycles. The number of rotatable bonds is 8. The topological polar surface area (TPSA) is 101 Å². The van der Waals surface area contributed by atoms with Gasteiger partial charge in [-0.1, -0.05) is 24.3 Å². The number of nitriles is 1. The lowest BCUT2D eigenvalue weighted by Gasteiger charge is -2.13.